The molecule has 62 valence electrons. The molecular formula is C5H12Mg2O5+4. The Hall–Kier alpha value is 0.722. The lowest BCUT2D eigenvalue weighted by Crippen LogP contribution is -2.08. The van der Waals surface area contributed by atoms with Crippen LogP contribution < -0.4 is 0 Å². The van der Waals surface area contributed by atoms with Gasteiger partial charge >= 0.3 is 59.0 Å². The lowest BCUT2D eigenvalue weighted by atomic mass is 11.3. The monoisotopic (exact) mass is 200 g/mol. The van der Waals surface area contributed by atoms with Crippen LogP contribution in [0, 0.1) is 0 Å². The van der Waals surface area contributed by atoms with E-state index in [-0.39, 0.29) is 0 Å². The Morgan fingerprint density at radius 3 is 1.50 bits per heavy atom. The second-order valence-corrected chi connectivity index (χ2v) is 1.76. The number of hydrogen-bond acceptors (Lipinski definition) is 5. The zero-order chi connectivity index (χ0) is 10.4. The molecule has 0 amide bonds. The number of ether oxygens (including phenoxy) is 2. The first-order valence-corrected chi connectivity index (χ1v) is 5.08. The first-order chi connectivity index (χ1) is 5.81. The highest BCUT2D eigenvalue weighted by molar-refractivity contribution is 6.09. The molecule has 0 aromatic carbocycles. The van der Waals surface area contributed by atoms with E-state index in [2.05, 4.69) is 9.47 Å². The maximum atomic E-state index is 10.2. The standard InChI is InChI=1S/C3H4O3.2CH4O.2Mg/c1-5-3(4)6-2;2*1-2;;/h1-2H2;2*2H,1H3;;/q;;;2*+2. The highest BCUT2D eigenvalue weighted by atomic mass is 24.4. The molecule has 5 nitrogen and oxygen atoms in total. The second kappa shape index (κ2) is 22.6. The summed E-state index contributed by atoms with van der Waals surface area (Å²) in [6.07, 6.45) is -0.574. The van der Waals surface area contributed by atoms with Crippen LogP contribution >= 0.6 is 0 Å². The lowest BCUT2D eigenvalue weighted by Gasteiger charge is -1.85. The SMILES string of the molecule is CO.CO.O=C(O[CH2][Mg+2])O[CH2][Mg+2]. The van der Waals surface area contributed by atoms with Gasteiger partial charge in [-0.25, -0.2) is 4.79 Å². The van der Waals surface area contributed by atoms with Gasteiger partial charge in [0.1, 0.15) is 0 Å². The zero-order valence-electron chi connectivity index (χ0n) is 7.45. The molecule has 0 atom stereocenters. The predicted octanol–water partition coefficient (Wildman–Crippen LogP) is -1.39. The van der Waals surface area contributed by atoms with Gasteiger partial charge in [-0.2, -0.15) is 0 Å². The molecular weight excluding hydrogens is 189 g/mol. The summed E-state index contributed by atoms with van der Waals surface area (Å²) < 4.78 is 9.69. The predicted molar refractivity (Wildman–Crippen MR) is 45.1 cm³/mol. The van der Waals surface area contributed by atoms with Crippen molar-refractivity contribution in [2.45, 2.75) is 0 Å². The summed E-state index contributed by atoms with van der Waals surface area (Å²) in [5.74, 6) is 0. The summed E-state index contributed by atoms with van der Waals surface area (Å²) in [4.78, 5) is 10.2. The third kappa shape index (κ3) is 22.4. The molecule has 0 rings (SSSR count). The van der Waals surface area contributed by atoms with Crippen molar-refractivity contribution in [2.75, 3.05) is 23.7 Å². The van der Waals surface area contributed by atoms with Crippen molar-refractivity contribution in [1.29, 1.82) is 0 Å². The van der Waals surface area contributed by atoms with Crippen molar-refractivity contribution < 1.29 is 24.5 Å². The van der Waals surface area contributed by atoms with E-state index in [9.17, 15) is 4.79 Å². The lowest BCUT2D eigenvalue weighted by molar-refractivity contribution is 0.0812. The molecule has 0 heterocycles. The number of rotatable bonds is 2. The fourth-order valence-corrected chi connectivity index (χ4v) is 0.542. The van der Waals surface area contributed by atoms with E-state index in [0.29, 0.717) is 9.47 Å². The summed E-state index contributed by atoms with van der Waals surface area (Å²) >= 11 is 3.13. The normalized spacial score (nSPS) is 6.50. The molecule has 14 radical (unpaired) electrons. The number of carbonyl (C=O) groups excluding carboxylic acids is 1. The molecule has 0 bridgehead atoms. The third-order valence-electron chi connectivity index (χ3n) is 0.440. The molecule has 0 aliphatic rings. The van der Waals surface area contributed by atoms with E-state index < -0.39 is 6.16 Å². The zero-order valence-corrected chi connectivity index (χ0v) is 10.3. The summed E-state index contributed by atoms with van der Waals surface area (Å²) in [5.41, 5.74) is 0. The van der Waals surface area contributed by atoms with Crippen molar-refractivity contribution in [3.8, 4) is 0 Å². The van der Waals surface area contributed by atoms with Crippen LogP contribution in [0.25, 0.3) is 0 Å². The van der Waals surface area contributed by atoms with Crippen molar-refractivity contribution in [1.82, 2.24) is 0 Å². The van der Waals surface area contributed by atoms with Gasteiger partial charge in [0.2, 0.25) is 0 Å². The van der Waals surface area contributed by atoms with Crippen molar-refractivity contribution in [3.05, 3.63) is 0 Å². The molecule has 0 saturated carbocycles. The van der Waals surface area contributed by atoms with Gasteiger partial charge in [0, 0.05) is 14.2 Å². The number of aliphatic hydroxyl groups is 2. The first-order valence-electron chi connectivity index (χ1n) is 3.08. The summed E-state index contributed by atoms with van der Waals surface area (Å²) in [5, 5.41) is 14.0. The molecule has 0 fully saturated rings. The molecule has 0 aliphatic carbocycles. The molecule has 12 heavy (non-hydrogen) atoms. The quantitative estimate of drug-likeness (QED) is 0.424. The van der Waals surface area contributed by atoms with Crippen molar-refractivity contribution >= 4 is 49.6 Å². The van der Waals surface area contributed by atoms with E-state index in [1.165, 1.54) is 0 Å². The molecule has 2 N–H and O–H groups in total. The van der Waals surface area contributed by atoms with Crippen LogP contribution in [0.5, 0.6) is 0 Å². The molecule has 0 spiro atoms. The molecule has 0 saturated heterocycles. The van der Waals surface area contributed by atoms with Crippen molar-refractivity contribution in [3.63, 3.8) is 0 Å². The molecule has 0 unspecified atom stereocenters. The van der Waals surface area contributed by atoms with Gasteiger partial charge in [-0.05, 0) is 0 Å². The van der Waals surface area contributed by atoms with Gasteiger partial charge in [-0.1, -0.05) is 0 Å². The van der Waals surface area contributed by atoms with Crippen LogP contribution in [0.3, 0.4) is 0 Å². The van der Waals surface area contributed by atoms with E-state index in [0.717, 1.165) is 14.2 Å². The van der Waals surface area contributed by atoms with Gasteiger partial charge in [-0.15, -0.1) is 0 Å². The Labute approximate surface area is 97.3 Å². The smallest absolute Gasteiger partial charge is 0.400 e. The maximum absolute atomic E-state index is 10.2. The number of aliphatic hydroxyl groups excluding tert-OH is 2. The van der Waals surface area contributed by atoms with Crippen LogP contribution in [-0.2, 0) is 9.47 Å². The Bertz CT molecular complexity index is 72.2. The van der Waals surface area contributed by atoms with Crippen molar-refractivity contribution in [2.24, 2.45) is 0 Å². The Morgan fingerprint density at radius 2 is 1.33 bits per heavy atom. The Kier molecular flexibility index (Phi) is 34.8. The van der Waals surface area contributed by atoms with Gasteiger partial charge in [0.05, 0.1) is 0 Å². The highest BCUT2D eigenvalue weighted by Gasteiger charge is 2.31. The second-order valence-electron chi connectivity index (χ2n) is 0.947. The van der Waals surface area contributed by atoms with E-state index >= 15 is 0 Å². The fourth-order valence-electron chi connectivity index (χ4n) is 0.208. The fraction of sp³-hybridized carbons (Fsp3) is 0.800. The largest absolute Gasteiger partial charge is 1.46 e. The number of carbonyl (C=O) groups is 1. The van der Waals surface area contributed by atoms with Gasteiger partial charge in [0.15, 0.2) is 0 Å². The molecule has 0 aromatic rings. The molecule has 7 heteroatoms. The Morgan fingerprint density at radius 1 is 1.08 bits per heavy atom. The molecule has 0 aromatic heterocycles. The topological polar surface area (TPSA) is 76.0 Å². The van der Waals surface area contributed by atoms with E-state index in [4.69, 9.17) is 10.2 Å². The first kappa shape index (κ1) is 18.5. The molecule has 0 aliphatic heterocycles. The van der Waals surface area contributed by atoms with E-state index in [1.807, 2.05) is 0 Å². The Balaban J connectivity index is -0.000000175. The van der Waals surface area contributed by atoms with Gasteiger partial charge in [0.25, 0.3) is 0 Å². The van der Waals surface area contributed by atoms with E-state index in [1.54, 1.807) is 43.4 Å². The highest BCUT2D eigenvalue weighted by Crippen LogP contribution is 1.79. The summed E-state index contributed by atoms with van der Waals surface area (Å²) in [6.45, 7) is 0. The van der Waals surface area contributed by atoms with Crippen LogP contribution in [-0.4, -0.2) is 83.5 Å². The van der Waals surface area contributed by atoms with Gasteiger partial charge < -0.3 is 19.7 Å². The van der Waals surface area contributed by atoms with Gasteiger partial charge in [-0.3, -0.25) is 0 Å². The summed E-state index contributed by atoms with van der Waals surface area (Å²) in [6, 6.07) is 0. The minimum atomic E-state index is -0.574. The maximum Gasteiger partial charge on any atom is 1.46 e. The third-order valence-corrected chi connectivity index (χ3v) is 0.848. The van der Waals surface area contributed by atoms with Crippen LogP contribution in [0.1, 0.15) is 0 Å². The summed E-state index contributed by atoms with van der Waals surface area (Å²) in [7, 11) is 2.00. The number of hydrogen-bond donors (Lipinski definition) is 2. The van der Waals surface area contributed by atoms with Crippen LogP contribution in [0.15, 0.2) is 0 Å². The minimum absolute atomic E-state index is 0.405. The average Bonchev–Trinajstić information content (AvgIpc) is 2.12. The van der Waals surface area contributed by atoms with Crippen LogP contribution in [0.4, 0.5) is 4.79 Å². The minimum Gasteiger partial charge on any atom is -0.400 e. The van der Waals surface area contributed by atoms with Crippen LogP contribution in [0.2, 0.25) is 0 Å². The average molecular weight is 201 g/mol.